The summed E-state index contributed by atoms with van der Waals surface area (Å²) in [7, 11) is 1.68. The fourth-order valence-corrected chi connectivity index (χ4v) is 2.65. The van der Waals surface area contributed by atoms with Crippen molar-refractivity contribution in [1.29, 1.82) is 0 Å². The third-order valence-corrected chi connectivity index (χ3v) is 4.14. The van der Waals surface area contributed by atoms with Crippen LogP contribution in [0.2, 0.25) is 0 Å². The highest BCUT2D eigenvalue weighted by molar-refractivity contribution is 5.69. The number of benzene rings is 1. The number of nitrogens with zero attached hydrogens (tertiary/aromatic N) is 1. The largest absolute Gasteiger partial charge is 0.509 e. The van der Waals surface area contributed by atoms with Gasteiger partial charge in [-0.25, -0.2) is 4.79 Å². The van der Waals surface area contributed by atoms with Crippen LogP contribution in [0.3, 0.4) is 0 Å². The van der Waals surface area contributed by atoms with E-state index < -0.39 is 6.16 Å². The molecule has 1 aromatic rings. The molecule has 0 aromatic heterocycles. The van der Waals surface area contributed by atoms with E-state index in [-0.39, 0.29) is 12.8 Å². The van der Waals surface area contributed by atoms with E-state index in [1.165, 1.54) is 0 Å². The van der Waals surface area contributed by atoms with Gasteiger partial charge in [0.05, 0.1) is 13.2 Å². The van der Waals surface area contributed by atoms with Crippen molar-refractivity contribution >= 4 is 11.7 Å². The van der Waals surface area contributed by atoms with E-state index in [4.69, 9.17) is 14.2 Å². The van der Waals surface area contributed by atoms with Gasteiger partial charge in [-0.05, 0) is 51.2 Å². The lowest BCUT2D eigenvalue weighted by Gasteiger charge is -2.21. The normalized spacial score (nSPS) is 12.0. The first kappa shape index (κ1) is 23.0. The van der Waals surface area contributed by atoms with Crippen LogP contribution < -0.4 is 4.74 Å². The summed E-state index contributed by atoms with van der Waals surface area (Å²) < 4.78 is 15.8. The molecule has 0 aliphatic carbocycles. The predicted molar refractivity (Wildman–Crippen MR) is 110 cm³/mol. The lowest BCUT2D eigenvalue weighted by molar-refractivity contribution is 0.00143. The molecule has 1 rings (SSSR count). The van der Waals surface area contributed by atoms with Crippen molar-refractivity contribution in [3.63, 3.8) is 0 Å². The van der Waals surface area contributed by atoms with E-state index in [9.17, 15) is 4.79 Å². The second kappa shape index (κ2) is 12.4. The van der Waals surface area contributed by atoms with Crippen LogP contribution in [0.1, 0.15) is 53.0 Å². The van der Waals surface area contributed by atoms with E-state index in [0.29, 0.717) is 12.5 Å². The summed E-state index contributed by atoms with van der Waals surface area (Å²) in [6.07, 6.45) is 3.54. The Morgan fingerprint density at radius 1 is 1.19 bits per heavy atom. The summed E-state index contributed by atoms with van der Waals surface area (Å²) in [4.78, 5) is 13.8. The summed E-state index contributed by atoms with van der Waals surface area (Å²) >= 11 is 0. The molecule has 0 heterocycles. The molecule has 0 spiro atoms. The topological polar surface area (TPSA) is 48.0 Å². The number of allylic oxidation sites excluding steroid dienone is 1. The maximum absolute atomic E-state index is 11.7. The van der Waals surface area contributed by atoms with Crippen LogP contribution in [0.25, 0.3) is 5.57 Å². The molecule has 152 valence electrons. The molecule has 0 aliphatic rings. The molecule has 27 heavy (non-hydrogen) atoms. The number of hydrogen-bond acceptors (Lipinski definition) is 5. The lowest BCUT2D eigenvalue weighted by atomic mass is 10.1. The standard InChI is InChI=1S/C22H35NO4/c1-17(2)10-9-14-23(16-26-22(24)27-18(3)4)15-13-19(5)20-11-7-8-12-21(20)25-6/h7-8,11-13,17-18H,9-10,14-16H2,1-6H3/b19-13+. The minimum Gasteiger partial charge on any atom is -0.496 e. The molecule has 0 unspecified atom stereocenters. The van der Waals surface area contributed by atoms with Crippen LogP contribution in [0.15, 0.2) is 30.3 Å². The van der Waals surface area contributed by atoms with Crippen molar-refractivity contribution in [3.05, 3.63) is 35.9 Å². The van der Waals surface area contributed by atoms with Gasteiger partial charge in [-0.3, -0.25) is 4.90 Å². The Kier molecular flexibility index (Phi) is 10.6. The number of rotatable bonds is 11. The van der Waals surface area contributed by atoms with Gasteiger partial charge in [0.2, 0.25) is 0 Å². The number of para-hydroxylation sites is 1. The molecule has 5 heteroatoms. The number of methoxy groups -OCH3 is 1. The van der Waals surface area contributed by atoms with Gasteiger partial charge in [0.1, 0.15) is 12.5 Å². The minimum absolute atomic E-state index is 0.181. The number of carbonyl (C=O) groups excluding carboxylic acids is 1. The third kappa shape index (κ3) is 9.48. The quantitative estimate of drug-likeness (QED) is 0.384. The van der Waals surface area contributed by atoms with Gasteiger partial charge >= 0.3 is 6.16 Å². The van der Waals surface area contributed by atoms with Crippen LogP contribution in [0, 0.1) is 5.92 Å². The average Bonchev–Trinajstić information content (AvgIpc) is 2.62. The van der Waals surface area contributed by atoms with Crippen LogP contribution in [0.5, 0.6) is 5.75 Å². The van der Waals surface area contributed by atoms with Crippen molar-refractivity contribution < 1.29 is 19.0 Å². The monoisotopic (exact) mass is 377 g/mol. The highest BCUT2D eigenvalue weighted by atomic mass is 16.7. The number of hydrogen-bond donors (Lipinski definition) is 0. The fourth-order valence-electron chi connectivity index (χ4n) is 2.65. The second-order valence-corrected chi connectivity index (χ2v) is 7.39. The Labute approximate surface area is 164 Å². The van der Waals surface area contributed by atoms with Crippen molar-refractivity contribution in [2.45, 2.75) is 53.6 Å². The smallest absolute Gasteiger partial charge is 0.496 e. The Morgan fingerprint density at radius 3 is 2.52 bits per heavy atom. The zero-order valence-corrected chi connectivity index (χ0v) is 17.7. The molecular weight excluding hydrogens is 342 g/mol. The first-order valence-corrected chi connectivity index (χ1v) is 9.69. The average molecular weight is 378 g/mol. The minimum atomic E-state index is -0.621. The molecule has 5 nitrogen and oxygen atoms in total. The van der Waals surface area contributed by atoms with Crippen LogP contribution in [-0.2, 0) is 9.47 Å². The highest BCUT2D eigenvalue weighted by Gasteiger charge is 2.11. The van der Waals surface area contributed by atoms with E-state index in [2.05, 4.69) is 31.7 Å². The zero-order chi connectivity index (χ0) is 20.2. The number of ether oxygens (including phenoxy) is 3. The van der Waals surface area contributed by atoms with Gasteiger partial charge in [0.25, 0.3) is 0 Å². The molecule has 0 saturated heterocycles. The van der Waals surface area contributed by atoms with Crippen LogP contribution in [0.4, 0.5) is 4.79 Å². The molecule has 0 bridgehead atoms. The lowest BCUT2D eigenvalue weighted by Crippen LogP contribution is -2.30. The van der Waals surface area contributed by atoms with Crippen molar-refractivity contribution in [2.75, 3.05) is 26.9 Å². The Balaban J connectivity index is 2.71. The third-order valence-electron chi connectivity index (χ3n) is 4.14. The molecule has 1 aromatic carbocycles. The van der Waals surface area contributed by atoms with E-state index in [0.717, 1.165) is 36.3 Å². The Morgan fingerprint density at radius 2 is 1.89 bits per heavy atom. The molecule has 0 aliphatic heterocycles. The fraction of sp³-hybridized carbons (Fsp3) is 0.591. The molecule has 0 amide bonds. The van der Waals surface area contributed by atoms with Gasteiger partial charge in [-0.1, -0.05) is 38.1 Å². The van der Waals surface area contributed by atoms with Crippen LogP contribution in [-0.4, -0.2) is 44.1 Å². The first-order valence-electron chi connectivity index (χ1n) is 9.69. The summed E-state index contributed by atoms with van der Waals surface area (Å²) in [5.74, 6) is 1.51. The van der Waals surface area contributed by atoms with Crippen molar-refractivity contribution in [2.24, 2.45) is 5.92 Å². The molecule has 0 radical (unpaired) electrons. The van der Waals surface area contributed by atoms with E-state index in [1.54, 1.807) is 21.0 Å². The van der Waals surface area contributed by atoms with E-state index in [1.807, 2.05) is 24.3 Å². The van der Waals surface area contributed by atoms with Gasteiger partial charge in [-0.2, -0.15) is 0 Å². The molecule has 0 fully saturated rings. The summed E-state index contributed by atoms with van der Waals surface area (Å²) in [5.41, 5.74) is 2.20. The second-order valence-electron chi connectivity index (χ2n) is 7.39. The Hall–Kier alpha value is -2.01. The molecule has 0 N–H and O–H groups in total. The van der Waals surface area contributed by atoms with Gasteiger partial charge in [0.15, 0.2) is 0 Å². The molecule has 0 saturated carbocycles. The zero-order valence-electron chi connectivity index (χ0n) is 17.7. The van der Waals surface area contributed by atoms with Gasteiger partial charge in [0, 0.05) is 18.7 Å². The number of carbonyl (C=O) groups is 1. The maximum atomic E-state index is 11.7. The van der Waals surface area contributed by atoms with E-state index >= 15 is 0 Å². The summed E-state index contributed by atoms with van der Waals surface area (Å²) in [6, 6.07) is 7.96. The Bertz CT molecular complexity index is 596. The summed E-state index contributed by atoms with van der Waals surface area (Å²) in [6.45, 7) is 11.9. The highest BCUT2D eigenvalue weighted by Crippen LogP contribution is 2.25. The molecule has 0 atom stereocenters. The SMILES string of the molecule is COc1ccccc1/C(C)=C/CN(CCCC(C)C)COC(=O)OC(C)C. The predicted octanol–water partition coefficient (Wildman–Crippen LogP) is 5.36. The first-order chi connectivity index (χ1) is 12.8. The summed E-state index contributed by atoms with van der Waals surface area (Å²) in [5, 5.41) is 0. The van der Waals surface area contributed by atoms with Gasteiger partial charge < -0.3 is 14.2 Å². The molecular formula is C22H35NO4. The van der Waals surface area contributed by atoms with Crippen molar-refractivity contribution in [1.82, 2.24) is 4.90 Å². The van der Waals surface area contributed by atoms with Crippen LogP contribution >= 0.6 is 0 Å². The maximum Gasteiger partial charge on any atom is 0.509 e. The van der Waals surface area contributed by atoms with Crippen molar-refractivity contribution in [3.8, 4) is 5.75 Å². The van der Waals surface area contributed by atoms with Gasteiger partial charge in [-0.15, -0.1) is 0 Å².